The van der Waals surface area contributed by atoms with Gasteiger partial charge in [-0.05, 0) is 37.7 Å². The number of para-hydroxylation sites is 1. The predicted octanol–water partition coefficient (Wildman–Crippen LogP) is 2.63. The Labute approximate surface area is 117 Å². The van der Waals surface area contributed by atoms with Crippen LogP contribution in [0.15, 0.2) is 28.7 Å². The fourth-order valence-corrected chi connectivity index (χ4v) is 2.67. The summed E-state index contributed by atoms with van der Waals surface area (Å²) in [6, 6.07) is 7.66. The monoisotopic (exact) mass is 273 g/mol. The summed E-state index contributed by atoms with van der Waals surface area (Å²) in [5.74, 6) is 0.230. The average Bonchev–Trinajstić information content (AvgIpc) is 3.14. The molecular formula is C16H19NO3. The molecule has 1 aromatic heterocycles. The molecule has 0 radical (unpaired) electrons. The van der Waals surface area contributed by atoms with Gasteiger partial charge in [-0.15, -0.1) is 0 Å². The molecular weight excluding hydrogens is 254 g/mol. The molecule has 0 bridgehead atoms. The van der Waals surface area contributed by atoms with Crippen LogP contribution < -0.4 is 5.32 Å². The Kier molecular flexibility index (Phi) is 3.26. The Morgan fingerprint density at radius 1 is 1.40 bits per heavy atom. The van der Waals surface area contributed by atoms with Gasteiger partial charge in [-0.25, -0.2) is 0 Å². The molecule has 0 atom stereocenters. The first-order valence-electron chi connectivity index (χ1n) is 7.02. The van der Waals surface area contributed by atoms with E-state index in [9.17, 15) is 4.79 Å². The zero-order valence-electron chi connectivity index (χ0n) is 11.6. The van der Waals surface area contributed by atoms with E-state index in [1.165, 1.54) is 0 Å². The fourth-order valence-electron chi connectivity index (χ4n) is 2.67. The number of aliphatic hydroxyl groups excluding tert-OH is 1. The van der Waals surface area contributed by atoms with Gasteiger partial charge in [-0.2, -0.15) is 0 Å². The molecule has 0 spiro atoms. The molecule has 2 aromatic rings. The number of nitrogens with one attached hydrogen (secondary N) is 1. The molecule has 0 aliphatic heterocycles. The van der Waals surface area contributed by atoms with Gasteiger partial charge in [0.25, 0.3) is 5.91 Å². The first-order valence-corrected chi connectivity index (χ1v) is 7.02. The highest BCUT2D eigenvalue weighted by Gasteiger charge is 2.42. The quantitative estimate of drug-likeness (QED) is 0.880. The van der Waals surface area contributed by atoms with Crippen LogP contribution in [0.2, 0.25) is 0 Å². The van der Waals surface area contributed by atoms with Crippen molar-refractivity contribution in [3.8, 4) is 0 Å². The highest BCUT2D eigenvalue weighted by atomic mass is 16.3. The lowest BCUT2D eigenvalue weighted by Crippen LogP contribution is -2.30. The van der Waals surface area contributed by atoms with Crippen LogP contribution >= 0.6 is 0 Å². The minimum Gasteiger partial charge on any atom is -0.451 e. The van der Waals surface area contributed by atoms with E-state index in [4.69, 9.17) is 9.52 Å². The van der Waals surface area contributed by atoms with Crippen molar-refractivity contribution < 1.29 is 14.3 Å². The molecule has 0 unspecified atom stereocenters. The minimum absolute atomic E-state index is 0.115. The lowest BCUT2D eigenvalue weighted by Gasteiger charge is -2.13. The second-order valence-corrected chi connectivity index (χ2v) is 5.71. The lowest BCUT2D eigenvalue weighted by atomic mass is 10.0. The first-order chi connectivity index (χ1) is 9.65. The molecule has 4 heteroatoms. The van der Waals surface area contributed by atoms with Gasteiger partial charge < -0.3 is 14.8 Å². The molecule has 0 saturated heterocycles. The zero-order valence-corrected chi connectivity index (χ0v) is 11.6. The van der Waals surface area contributed by atoms with Crippen molar-refractivity contribution in [3.05, 3.63) is 35.6 Å². The van der Waals surface area contributed by atoms with Crippen LogP contribution in [0.5, 0.6) is 0 Å². The maximum absolute atomic E-state index is 12.2. The van der Waals surface area contributed by atoms with Crippen molar-refractivity contribution in [1.82, 2.24) is 5.32 Å². The largest absolute Gasteiger partial charge is 0.451 e. The van der Waals surface area contributed by atoms with Crippen LogP contribution in [0.1, 0.15) is 35.4 Å². The standard InChI is InChI=1S/C16H19NO3/c1-11-12-4-2-3-5-13(12)20-14(11)15(19)17-10-16(6-7-16)8-9-18/h2-5,18H,6-10H2,1H3,(H,17,19). The van der Waals surface area contributed by atoms with Crippen molar-refractivity contribution in [1.29, 1.82) is 0 Å². The summed E-state index contributed by atoms with van der Waals surface area (Å²) in [4.78, 5) is 12.2. The summed E-state index contributed by atoms with van der Waals surface area (Å²) in [7, 11) is 0. The number of furan rings is 1. The molecule has 1 amide bonds. The summed E-state index contributed by atoms with van der Waals surface area (Å²) in [5, 5.41) is 13.0. The van der Waals surface area contributed by atoms with Crippen molar-refractivity contribution in [2.24, 2.45) is 5.41 Å². The van der Waals surface area contributed by atoms with Crippen LogP contribution in [0, 0.1) is 12.3 Å². The van der Waals surface area contributed by atoms with E-state index in [-0.39, 0.29) is 17.9 Å². The van der Waals surface area contributed by atoms with E-state index in [0.717, 1.165) is 35.8 Å². The van der Waals surface area contributed by atoms with E-state index >= 15 is 0 Å². The van der Waals surface area contributed by atoms with Gasteiger partial charge in [-0.3, -0.25) is 4.79 Å². The molecule has 1 aromatic carbocycles. The molecule has 1 heterocycles. The van der Waals surface area contributed by atoms with Crippen molar-refractivity contribution in [3.63, 3.8) is 0 Å². The van der Waals surface area contributed by atoms with Gasteiger partial charge in [0.1, 0.15) is 5.58 Å². The molecule has 1 aliphatic rings. The topological polar surface area (TPSA) is 62.5 Å². The highest BCUT2D eigenvalue weighted by molar-refractivity contribution is 5.98. The summed E-state index contributed by atoms with van der Waals surface area (Å²) in [6.45, 7) is 2.70. The molecule has 3 rings (SSSR count). The van der Waals surface area contributed by atoms with E-state index in [1.807, 2.05) is 31.2 Å². The predicted molar refractivity (Wildman–Crippen MR) is 76.7 cm³/mol. The molecule has 20 heavy (non-hydrogen) atoms. The lowest BCUT2D eigenvalue weighted by molar-refractivity contribution is 0.0914. The molecule has 1 fully saturated rings. The van der Waals surface area contributed by atoms with Gasteiger partial charge in [-0.1, -0.05) is 18.2 Å². The van der Waals surface area contributed by atoms with Crippen molar-refractivity contribution >= 4 is 16.9 Å². The normalized spacial score (nSPS) is 16.3. The molecule has 2 N–H and O–H groups in total. The number of fused-ring (bicyclic) bond motifs is 1. The number of aliphatic hydroxyl groups is 1. The maximum Gasteiger partial charge on any atom is 0.287 e. The van der Waals surface area contributed by atoms with Gasteiger partial charge >= 0.3 is 0 Å². The van der Waals surface area contributed by atoms with Gasteiger partial charge in [0, 0.05) is 24.1 Å². The van der Waals surface area contributed by atoms with Gasteiger partial charge in [0.15, 0.2) is 5.76 Å². The molecule has 1 aliphatic carbocycles. The van der Waals surface area contributed by atoms with E-state index < -0.39 is 0 Å². The third-order valence-electron chi connectivity index (χ3n) is 4.27. The smallest absolute Gasteiger partial charge is 0.287 e. The number of aryl methyl sites for hydroxylation is 1. The molecule has 4 nitrogen and oxygen atoms in total. The fraction of sp³-hybridized carbons (Fsp3) is 0.438. The summed E-state index contributed by atoms with van der Waals surface area (Å²) >= 11 is 0. The van der Waals surface area contributed by atoms with Gasteiger partial charge in [0.2, 0.25) is 0 Å². The second kappa shape index (κ2) is 4.94. The Morgan fingerprint density at radius 3 is 2.80 bits per heavy atom. The molecule has 1 saturated carbocycles. The van der Waals surface area contributed by atoms with Crippen LogP contribution in [0.3, 0.4) is 0 Å². The Balaban J connectivity index is 1.74. The molecule has 106 valence electrons. The van der Waals surface area contributed by atoms with E-state index in [0.29, 0.717) is 12.3 Å². The first kappa shape index (κ1) is 13.2. The summed E-state index contributed by atoms with van der Waals surface area (Å²) in [6.07, 6.45) is 2.91. The third-order valence-corrected chi connectivity index (χ3v) is 4.27. The highest BCUT2D eigenvalue weighted by Crippen LogP contribution is 2.47. The summed E-state index contributed by atoms with van der Waals surface area (Å²) < 4.78 is 5.64. The van der Waals surface area contributed by atoms with E-state index in [1.54, 1.807) is 0 Å². The van der Waals surface area contributed by atoms with Gasteiger partial charge in [0.05, 0.1) is 0 Å². The number of amides is 1. The number of carbonyl (C=O) groups is 1. The van der Waals surface area contributed by atoms with Crippen molar-refractivity contribution in [2.45, 2.75) is 26.2 Å². The van der Waals surface area contributed by atoms with Crippen LogP contribution in [-0.2, 0) is 0 Å². The number of carbonyl (C=O) groups excluding carboxylic acids is 1. The third kappa shape index (κ3) is 2.31. The zero-order chi connectivity index (χ0) is 14.2. The average molecular weight is 273 g/mol. The Bertz CT molecular complexity index is 640. The number of hydrogen-bond acceptors (Lipinski definition) is 3. The number of hydrogen-bond donors (Lipinski definition) is 2. The Morgan fingerprint density at radius 2 is 2.15 bits per heavy atom. The maximum atomic E-state index is 12.2. The minimum atomic E-state index is -0.164. The van der Waals surface area contributed by atoms with Crippen molar-refractivity contribution in [2.75, 3.05) is 13.2 Å². The number of benzene rings is 1. The van der Waals surface area contributed by atoms with Crippen LogP contribution in [-0.4, -0.2) is 24.2 Å². The second-order valence-electron chi connectivity index (χ2n) is 5.71. The van der Waals surface area contributed by atoms with Crippen LogP contribution in [0.25, 0.3) is 11.0 Å². The summed E-state index contributed by atoms with van der Waals surface area (Å²) in [5.41, 5.74) is 1.74. The number of rotatable bonds is 5. The Hall–Kier alpha value is -1.81. The van der Waals surface area contributed by atoms with Crippen LogP contribution in [0.4, 0.5) is 0 Å². The van der Waals surface area contributed by atoms with E-state index in [2.05, 4.69) is 5.32 Å². The SMILES string of the molecule is Cc1c(C(=O)NCC2(CCO)CC2)oc2ccccc12.